The molecule has 6 nitrogen and oxygen atoms in total. The number of para-hydroxylation sites is 1. The van der Waals surface area contributed by atoms with E-state index >= 15 is 0 Å². The Bertz CT molecular complexity index is 815. The maximum Gasteiger partial charge on any atom is 0.253 e. The first-order chi connectivity index (χ1) is 12.6. The number of nitrogens with one attached hydrogen (secondary N) is 2. The van der Waals surface area contributed by atoms with Crippen molar-refractivity contribution < 1.29 is 19.1 Å². The second-order valence-electron chi connectivity index (χ2n) is 5.34. The van der Waals surface area contributed by atoms with Crippen LogP contribution in [0.4, 0.5) is 5.69 Å². The van der Waals surface area contributed by atoms with E-state index in [4.69, 9.17) is 9.47 Å². The van der Waals surface area contributed by atoms with E-state index in [2.05, 4.69) is 10.6 Å². The lowest BCUT2D eigenvalue weighted by atomic mass is 10.1. The minimum atomic E-state index is -0.348. The van der Waals surface area contributed by atoms with Gasteiger partial charge < -0.3 is 20.1 Å². The Labute approximate surface area is 152 Å². The normalized spacial score (nSPS) is 10.4. The molecule has 6 heteroatoms. The Hall–Kier alpha value is -3.28. The van der Waals surface area contributed by atoms with Crippen molar-refractivity contribution >= 4 is 23.6 Å². The molecule has 2 rings (SSSR count). The SMILES string of the molecule is CCNC(=O)c1ccccc1NC(=O)/C=C/c1ccc(OC)cc1OC. The lowest BCUT2D eigenvalue weighted by Gasteiger charge is -2.10. The molecule has 0 fully saturated rings. The third-order valence-electron chi connectivity index (χ3n) is 3.62. The smallest absolute Gasteiger partial charge is 0.253 e. The fourth-order valence-corrected chi connectivity index (χ4v) is 2.34. The number of hydrogen-bond donors (Lipinski definition) is 2. The molecule has 0 aliphatic rings. The number of benzene rings is 2. The van der Waals surface area contributed by atoms with Gasteiger partial charge in [0.1, 0.15) is 11.5 Å². The van der Waals surface area contributed by atoms with Crippen LogP contribution in [-0.4, -0.2) is 32.6 Å². The van der Waals surface area contributed by atoms with Crippen LogP contribution < -0.4 is 20.1 Å². The summed E-state index contributed by atoms with van der Waals surface area (Å²) >= 11 is 0. The average molecular weight is 354 g/mol. The minimum Gasteiger partial charge on any atom is -0.497 e. The van der Waals surface area contributed by atoms with Crippen molar-refractivity contribution in [2.45, 2.75) is 6.92 Å². The first-order valence-electron chi connectivity index (χ1n) is 8.17. The molecule has 0 unspecified atom stereocenters. The molecule has 136 valence electrons. The molecular formula is C20H22N2O4. The lowest BCUT2D eigenvalue weighted by Crippen LogP contribution is -2.24. The largest absolute Gasteiger partial charge is 0.497 e. The van der Waals surface area contributed by atoms with E-state index in [1.807, 2.05) is 6.92 Å². The van der Waals surface area contributed by atoms with Crippen LogP contribution in [0.2, 0.25) is 0 Å². The number of anilines is 1. The van der Waals surface area contributed by atoms with Crippen LogP contribution in [-0.2, 0) is 4.79 Å². The zero-order chi connectivity index (χ0) is 18.9. The van der Waals surface area contributed by atoms with E-state index in [1.54, 1.807) is 62.8 Å². The standard InChI is InChI=1S/C20H22N2O4/c1-4-21-20(24)16-7-5-6-8-17(16)22-19(23)12-10-14-9-11-15(25-2)13-18(14)26-3/h5-13H,4H2,1-3H3,(H,21,24)(H,22,23)/b12-10+. The molecule has 0 bridgehead atoms. The summed E-state index contributed by atoms with van der Waals surface area (Å²) in [6.07, 6.45) is 3.03. The molecule has 2 N–H and O–H groups in total. The van der Waals surface area contributed by atoms with E-state index in [1.165, 1.54) is 6.08 Å². The lowest BCUT2D eigenvalue weighted by molar-refractivity contribution is -0.111. The van der Waals surface area contributed by atoms with Gasteiger partial charge >= 0.3 is 0 Å². The molecule has 0 aliphatic carbocycles. The van der Waals surface area contributed by atoms with Gasteiger partial charge in [-0.25, -0.2) is 0 Å². The van der Waals surface area contributed by atoms with Gasteiger partial charge in [0, 0.05) is 24.3 Å². The fraction of sp³-hybridized carbons (Fsp3) is 0.200. The first-order valence-corrected chi connectivity index (χ1v) is 8.17. The first kappa shape index (κ1) is 19.1. The Morgan fingerprint density at radius 1 is 1.08 bits per heavy atom. The van der Waals surface area contributed by atoms with Crippen molar-refractivity contribution in [2.75, 3.05) is 26.1 Å². The second kappa shape index (κ2) is 9.27. The maximum absolute atomic E-state index is 12.2. The number of amides is 2. The molecule has 0 saturated carbocycles. The molecule has 0 radical (unpaired) electrons. The predicted molar refractivity (Wildman–Crippen MR) is 102 cm³/mol. The number of carbonyl (C=O) groups is 2. The number of methoxy groups -OCH3 is 2. The summed E-state index contributed by atoms with van der Waals surface area (Å²) < 4.78 is 10.5. The van der Waals surface area contributed by atoms with Crippen LogP contribution in [0.3, 0.4) is 0 Å². The average Bonchev–Trinajstić information content (AvgIpc) is 2.66. The van der Waals surface area contributed by atoms with Crippen LogP contribution in [0, 0.1) is 0 Å². The van der Waals surface area contributed by atoms with Crippen LogP contribution >= 0.6 is 0 Å². The third kappa shape index (κ3) is 4.86. The summed E-state index contributed by atoms with van der Waals surface area (Å²) in [7, 11) is 3.12. The summed E-state index contributed by atoms with van der Waals surface area (Å²) in [6, 6.07) is 12.2. The predicted octanol–water partition coefficient (Wildman–Crippen LogP) is 3.11. The van der Waals surface area contributed by atoms with Crippen LogP contribution in [0.15, 0.2) is 48.5 Å². The van der Waals surface area contributed by atoms with E-state index < -0.39 is 0 Å². The highest BCUT2D eigenvalue weighted by Gasteiger charge is 2.11. The molecule has 0 aromatic heterocycles. The molecule has 2 amide bonds. The Morgan fingerprint density at radius 2 is 1.85 bits per heavy atom. The van der Waals surface area contributed by atoms with Crippen molar-refractivity contribution in [3.63, 3.8) is 0 Å². The van der Waals surface area contributed by atoms with Gasteiger partial charge in [0.25, 0.3) is 5.91 Å². The second-order valence-corrected chi connectivity index (χ2v) is 5.34. The summed E-state index contributed by atoms with van der Waals surface area (Å²) in [6.45, 7) is 2.35. The zero-order valence-corrected chi connectivity index (χ0v) is 15.0. The van der Waals surface area contributed by atoms with Crippen molar-refractivity contribution in [3.8, 4) is 11.5 Å². The van der Waals surface area contributed by atoms with E-state index in [9.17, 15) is 9.59 Å². The Balaban J connectivity index is 2.15. The fourth-order valence-electron chi connectivity index (χ4n) is 2.34. The Kier molecular flexibility index (Phi) is 6.79. The van der Waals surface area contributed by atoms with Crippen molar-refractivity contribution in [1.29, 1.82) is 0 Å². The van der Waals surface area contributed by atoms with E-state index in [0.717, 1.165) is 5.56 Å². The topological polar surface area (TPSA) is 76.7 Å². The monoisotopic (exact) mass is 354 g/mol. The molecule has 0 aliphatic heterocycles. The summed E-state index contributed by atoms with van der Waals surface area (Å²) in [5, 5.41) is 5.45. The molecule has 0 heterocycles. The van der Waals surface area contributed by atoms with Crippen molar-refractivity contribution in [2.24, 2.45) is 0 Å². The van der Waals surface area contributed by atoms with Gasteiger partial charge in [0.2, 0.25) is 5.91 Å². The molecular weight excluding hydrogens is 332 g/mol. The van der Waals surface area contributed by atoms with E-state index in [-0.39, 0.29) is 11.8 Å². The van der Waals surface area contributed by atoms with Gasteiger partial charge in [0.05, 0.1) is 25.5 Å². The van der Waals surface area contributed by atoms with Crippen LogP contribution in [0.5, 0.6) is 11.5 Å². The van der Waals surface area contributed by atoms with Gasteiger partial charge in [-0.05, 0) is 37.3 Å². The van der Waals surface area contributed by atoms with Gasteiger partial charge in [-0.2, -0.15) is 0 Å². The number of carbonyl (C=O) groups excluding carboxylic acids is 2. The van der Waals surface area contributed by atoms with Crippen LogP contribution in [0.1, 0.15) is 22.8 Å². The minimum absolute atomic E-state index is 0.232. The summed E-state index contributed by atoms with van der Waals surface area (Å²) in [5.74, 6) is 0.680. The number of hydrogen-bond acceptors (Lipinski definition) is 4. The summed E-state index contributed by atoms with van der Waals surface area (Å²) in [5.41, 5.74) is 1.60. The van der Waals surface area contributed by atoms with Crippen molar-refractivity contribution in [3.05, 3.63) is 59.7 Å². The van der Waals surface area contributed by atoms with Crippen molar-refractivity contribution in [1.82, 2.24) is 5.32 Å². The molecule has 2 aromatic carbocycles. The summed E-state index contributed by atoms with van der Waals surface area (Å²) in [4.78, 5) is 24.3. The highest BCUT2D eigenvalue weighted by atomic mass is 16.5. The quantitative estimate of drug-likeness (QED) is 0.749. The third-order valence-corrected chi connectivity index (χ3v) is 3.62. The highest BCUT2D eigenvalue weighted by molar-refractivity contribution is 6.07. The van der Waals surface area contributed by atoms with Gasteiger partial charge in [0.15, 0.2) is 0 Å². The maximum atomic E-state index is 12.2. The molecule has 0 atom stereocenters. The van der Waals surface area contributed by atoms with E-state index in [0.29, 0.717) is 29.3 Å². The molecule has 0 spiro atoms. The zero-order valence-electron chi connectivity index (χ0n) is 15.0. The van der Waals surface area contributed by atoms with Gasteiger partial charge in [-0.15, -0.1) is 0 Å². The molecule has 2 aromatic rings. The Morgan fingerprint density at radius 3 is 2.54 bits per heavy atom. The van der Waals surface area contributed by atoms with Gasteiger partial charge in [-0.1, -0.05) is 12.1 Å². The van der Waals surface area contributed by atoms with Gasteiger partial charge in [-0.3, -0.25) is 9.59 Å². The van der Waals surface area contributed by atoms with Crippen LogP contribution in [0.25, 0.3) is 6.08 Å². The molecule has 26 heavy (non-hydrogen) atoms. The number of ether oxygens (including phenoxy) is 2. The number of rotatable bonds is 7. The molecule has 0 saturated heterocycles. The highest BCUT2D eigenvalue weighted by Crippen LogP contribution is 2.25.